The Morgan fingerprint density at radius 3 is 2.74 bits per heavy atom. The van der Waals surface area contributed by atoms with Gasteiger partial charge in [0.1, 0.15) is 40.0 Å². The second kappa shape index (κ2) is 9.57. The van der Waals surface area contributed by atoms with Crippen LogP contribution in [0.1, 0.15) is 36.4 Å². The molecule has 0 saturated heterocycles. The molecular formula is C25H24N4O7S2. The first kappa shape index (κ1) is 24.6. The van der Waals surface area contributed by atoms with E-state index in [1.54, 1.807) is 37.1 Å². The maximum atomic E-state index is 11.3. The summed E-state index contributed by atoms with van der Waals surface area (Å²) in [5.74, 6) is 0.479. The number of thiazole rings is 1. The molecule has 0 spiro atoms. The molecule has 198 valence electrons. The number of hydrogen-bond acceptors (Lipinski definition) is 11. The number of carbonyl (C=O) groups is 1. The topological polar surface area (TPSA) is 141 Å². The van der Waals surface area contributed by atoms with Crippen molar-refractivity contribution in [2.75, 3.05) is 14.2 Å². The quantitative estimate of drug-likeness (QED) is 0.276. The fourth-order valence-electron chi connectivity index (χ4n) is 4.62. The van der Waals surface area contributed by atoms with Crippen LogP contribution in [-0.2, 0) is 17.0 Å². The first-order chi connectivity index (χ1) is 18.3. The molecule has 1 saturated carbocycles. The standard InChI is InChI=1S/C25H24N4O7S2/c1-33-15-7-18(35-11-14-12-37-22(26-14)25(32)5-3-13(4-6-25)21(30)31)16-9-20(36-19(16)8-15)17-10-29-23(27-17)38-24(28-29)34-2/h7-10,12-13,32H,3-6,11H2,1-2H3,(H,30,31). The van der Waals surface area contributed by atoms with Gasteiger partial charge in [0, 0.05) is 17.5 Å². The molecule has 6 rings (SSSR count). The molecule has 11 nitrogen and oxygen atoms in total. The number of fused-ring (bicyclic) bond motifs is 2. The monoisotopic (exact) mass is 556 g/mol. The summed E-state index contributed by atoms with van der Waals surface area (Å²) >= 11 is 2.69. The maximum Gasteiger partial charge on any atom is 0.306 e. The first-order valence-electron chi connectivity index (χ1n) is 11.9. The van der Waals surface area contributed by atoms with Crippen LogP contribution < -0.4 is 14.2 Å². The van der Waals surface area contributed by atoms with Gasteiger partial charge in [-0.3, -0.25) is 4.79 Å². The van der Waals surface area contributed by atoms with E-state index in [9.17, 15) is 15.0 Å². The van der Waals surface area contributed by atoms with E-state index < -0.39 is 17.5 Å². The molecule has 0 radical (unpaired) electrons. The molecule has 13 heteroatoms. The van der Waals surface area contributed by atoms with E-state index in [2.05, 4.69) is 15.1 Å². The number of methoxy groups -OCH3 is 2. The number of rotatable bonds is 8. The van der Waals surface area contributed by atoms with E-state index >= 15 is 0 Å². The summed E-state index contributed by atoms with van der Waals surface area (Å²) in [6.45, 7) is 0.178. The molecule has 0 atom stereocenters. The number of nitrogens with zero attached hydrogens (tertiary/aromatic N) is 4. The van der Waals surface area contributed by atoms with Crippen molar-refractivity contribution in [1.29, 1.82) is 0 Å². The van der Waals surface area contributed by atoms with Gasteiger partial charge in [-0.15, -0.1) is 16.4 Å². The van der Waals surface area contributed by atoms with Crippen LogP contribution in [0.2, 0.25) is 0 Å². The largest absolute Gasteiger partial charge is 0.496 e. The van der Waals surface area contributed by atoms with Gasteiger partial charge in [-0.05, 0) is 43.1 Å². The summed E-state index contributed by atoms with van der Waals surface area (Å²) in [6.07, 6.45) is 3.38. The van der Waals surface area contributed by atoms with E-state index in [1.165, 1.54) is 22.7 Å². The smallest absolute Gasteiger partial charge is 0.306 e. The SMILES string of the molecule is COc1cc(OCc2csc(C3(O)CCC(C(=O)O)CC3)n2)c2cc(-c3cn4nc(OC)sc4n3)oc2c1. The van der Waals surface area contributed by atoms with Gasteiger partial charge < -0.3 is 28.8 Å². The van der Waals surface area contributed by atoms with Gasteiger partial charge in [0.2, 0.25) is 4.96 Å². The zero-order valence-electron chi connectivity index (χ0n) is 20.5. The van der Waals surface area contributed by atoms with Crippen LogP contribution in [0.15, 0.2) is 34.2 Å². The van der Waals surface area contributed by atoms with Crippen molar-refractivity contribution in [2.45, 2.75) is 37.9 Å². The molecule has 2 N–H and O–H groups in total. The van der Waals surface area contributed by atoms with Crippen molar-refractivity contribution in [1.82, 2.24) is 19.6 Å². The maximum absolute atomic E-state index is 11.3. The lowest BCUT2D eigenvalue weighted by molar-refractivity contribution is -0.145. The number of furan rings is 1. The zero-order chi connectivity index (χ0) is 26.4. The van der Waals surface area contributed by atoms with Gasteiger partial charge in [-0.25, -0.2) is 14.5 Å². The third kappa shape index (κ3) is 4.46. The lowest BCUT2D eigenvalue weighted by atomic mass is 9.79. The van der Waals surface area contributed by atoms with Crippen molar-refractivity contribution in [2.24, 2.45) is 5.92 Å². The summed E-state index contributed by atoms with van der Waals surface area (Å²) in [5, 5.41) is 28.4. The summed E-state index contributed by atoms with van der Waals surface area (Å²) in [4.78, 5) is 21.1. The molecule has 4 heterocycles. The Labute approximate surface area is 224 Å². The molecular weight excluding hydrogens is 532 g/mol. The molecule has 1 aromatic carbocycles. The van der Waals surface area contributed by atoms with E-state index in [4.69, 9.17) is 18.6 Å². The van der Waals surface area contributed by atoms with Crippen LogP contribution in [0.4, 0.5) is 0 Å². The van der Waals surface area contributed by atoms with E-state index in [1.807, 2.05) is 11.4 Å². The molecule has 0 amide bonds. The lowest BCUT2D eigenvalue weighted by Gasteiger charge is -2.32. The molecule has 1 aliphatic carbocycles. The lowest BCUT2D eigenvalue weighted by Crippen LogP contribution is -2.33. The Kier molecular flexibility index (Phi) is 6.20. The van der Waals surface area contributed by atoms with E-state index in [0.29, 0.717) is 75.1 Å². The summed E-state index contributed by atoms with van der Waals surface area (Å²) in [5.41, 5.74) is 0.782. The average Bonchev–Trinajstić information content (AvgIpc) is 3.69. The minimum absolute atomic E-state index is 0.178. The number of hydrogen-bond donors (Lipinski definition) is 2. The van der Waals surface area contributed by atoms with Crippen LogP contribution in [0, 0.1) is 5.92 Å². The Balaban J connectivity index is 1.22. The van der Waals surface area contributed by atoms with Gasteiger partial charge in [0.25, 0.3) is 5.19 Å². The normalized spacial score (nSPS) is 19.7. The van der Waals surface area contributed by atoms with Crippen LogP contribution >= 0.6 is 22.7 Å². The van der Waals surface area contributed by atoms with Crippen molar-refractivity contribution >= 4 is 44.6 Å². The summed E-state index contributed by atoms with van der Waals surface area (Å²) in [7, 11) is 3.14. The Morgan fingerprint density at radius 2 is 2.03 bits per heavy atom. The Morgan fingerprint density at radius 1 is 1.21 bits per heavy atom. The van der Waals surface area contributed by atoms with Crippen molar-refractivity contribution in [3.05, 3.63) is 40.5 Å². The van der Waals surface area contributed by atoms with Gasteiger partial charge in [-0.2, -0.15) is 0 Å². The van der Waals surface area contributed by atoms with Crippen LogP contribution in [0.25, 0.3) is 27.4 Å². The number of carboxylic acid groups (broad SMARTS) is 1. The number of ether oxygens (including phenoxy) is 3. The molecule has 0 bridgehead atoms. The predicted molar refractivity (Wildman–Crippen MR) is 139 cm³/mol. The molecule has 1 aliphatic rings. The number of imidazole rings is 1. The highest BCUT2D eigenvalue weighted by Gasteiger charge is 2.39. The average molecular weight is 557 g/mol. The number of aromatic nitrogens is 4. The Bertz CT molecular complexity index is 1600. The summed E-state index contributed by atoms with van der Waals surface area (Å²) < 4.78 is 24.5. The summed E-state index contributed by atoms with van der Waals surface area (Å²) in [6, 6.07) is 5.44. The van der Waals surface area contributed by atoms with E-state index in [-0.39, 0.29) is 6.61 Å². The minimum atomic E-state index is -1.10. The molecule has 38 heavy (non-hydrogen) atoms. The van der Waals surface area contributed by atoms with Gasteiger partial charge in [0.15, 0.2) is 5.76 Å². The fourth-order valence-corrected chi connectivity index (χ4v) is 6.29. The highest BCUT2D eigenvalue weighted by molar-refractivity contribution is 7.18. The van der Waals surface area contributed by atoms with Crippen LogP contribution in [-0.4, -0.2) is 50.0 Å². The fraction of sp³-hybridized carbons (Fsp3) is 0.360. The number of benzene rings is 1. The van der Waals surface area contributed by atoms with Crippen molar-refractivity contribution in [3.63, 3.8) is 0 Å². The van der Waals surface area contributed by atoms with E-state index in [0.717, 1.165) is 5.39 Å². The molecule has 0 aliphatic heterocycles. The van der Waals surface area contributed by atoms with Crippen LogP contribution in [0.3, 0.4) is 0 Å². The second-order valence-corrected chi connectivity index (χ2v) is 10.9. The van der Waals surface area contributed by atoms with Crippen molar-refractivity contribution in [3.8, 4) is 28.1 Å². The number of aliphatic hydroxyl groups is 1. The van der Waals surface area contributed by atoms with Gasteiger partial charge >= 0.3 is 5.97 Å². The molecule has 0 unspecified atom stereocenters. The molecule has 4 aromatic heterocycles. The highest BCUT2D eigenvalue weighted by atomic mass is 32.1. The predicted octanol–water partition coefficient (Wildman–Crippen LogP) is 4.72. The number of carboxylic acids is 1. The third-order valence-corrected chi connectivity index (χ3v) is 8.72. The van der Waals surface area contributed by atoms with Crippen molar-refractivity contribution < 1.29 is 33.6 Å². The third-order valence-electron chi connectivity index (χ3n) is 6.75. The molecule has 5 aromatic rings. The van der Waals surface area contributed by atoms with Crippen LogP contribution in [0.5, 0.6) is 16.7 Å². The van der Waals surface area contributed by atoms with Gasteiger partial charge in [-0.1, -0.05) is 0 Å². The first-order valence-corrected chi connectivity index (χ1v) is 13.6. The van der Waals surface area contributed by atoms with Gasteiger partial charge in [0.05, 0.1) is 37.4 Å². The minimum Gasteiger partial charge on any atom is -0.496 e. The second-order valence-electron chi connectivity index (χ2n) is 9.15. The Hall–Kier alpha value is -3.68. The molecule has 1 fully saturated rings. The zero-order valence-corrected chi connectivity index (χ0v) is 22.2. The number of aliphatic carboxylic acids is 1. The highest BCUT2D eigenvalue weighted by Crippen LogP contribution is 2.41.